The van der Waals surface area contributed by atoms with E-state index < -0.39 is 28.4 Å². The highest BCUT2D eigenvalue weighted by molar-refractivity contribution is 7.89. The number of hydrogen-bond donors (Lipinski definition) is 3. The highest BCUT2D eigenvalue weighted by Gasteiger charge is 2.29. The molecule has 3 aromatic rings. The van der Waals surface area contributed by atoms with Crippen molar-refractivity contribution in [1.82, 2.24) is 14.6 Å². The number of primary amides is 1. The van der Waals surface area contributed by atoms with Crippen LogP contribution < -0.4 is 11.1 Å². The number of aromatic amines is 1. The summed E-state index contributed by atoms with van der Waals surface area (Å²) in [6, 6.07) is 6.08. The van der Waals surface area contributed by atoms with E-state index in [9.17, 15) is 26.4 Å². The van der Waals surface area contributed by atoms with Crippen LogP contribution in [0.5, 0.6) is 0 Å². The molecular weight excluding hydrogens is 565 g/mol. The topological polar surface area (TPSA) is 125 Å². The number of rotatable bonds is 5. The van der Waals surface area contributed by atoms with Crippen LogP contribution >= 0.6 is 11.3 Å². The summed E-state index contributed by atoms with van der Waals surface area (Å²) in [6.45, 7) is 7.29. The van der Waals surface area contributed by atoms with E-state index in [0.29, 0.717) is 18.7 Å². The van der Waals surface area contributed by atoms with Gasteiger partial charge in [-0.1, -0.05) is 0 Å². The summed E-state index contributed by atoms with van der Waals surface area (Å²) < 4.78 is 57.1. The molecule has 13 heteroatoms. The number of H-pyrrole nitrogens is 1. The molecule has 0 aliphatic carbocycles. The van der Waals surface area contributed by atoms with E-state index in [1.807, 2.05) is 19.2 Å². The number of sulfonamides is 1. The predicted molar refractivity (Wildman–Crippen MR) is 152 cm³/mol. The van der Waals surface area contributed by atoms with Crippen molar-refractivity contribution < 1.29 is 31.2 Å². The fourth-order valence-electron chi connectivity index (χ4n) is 4.76. The van der Waals surface area contributed by atoms with Gasteiger partial charge in [0, 0.05) is 29.5 Å². The Hall–Kier alpha value is -2.74. The van der Waals surface area contributed by atoms with Gasteiger partial charge in [0.25, 0.3) is 5.91 Å². The quantitative estimate of drug-likeness (QED) is 0.358. The summed E-state index contributed by atoms with van der Waals surface area (Å²) in [5.74, 6) is -0.0773. The van der Waals surface area contributed by atoms with E-state index >= 15 is 0 Å². The summed E-state index contributed by atoms with van der Waals surface area (Å²) >= 11 is 1.65. The SMILES string of the molecule is C1CCNC1.CCS(=O)(=O)N1CCC(c2c[nH]c3c(C(N)=O)cc(-c4cc(C)cs4)cc23)CC1.O=CC(F)(F)F. The molecule has 1 aromatic carbocycles. The van der Waals surface area contributed by atoms with Crippen molar-refractivity contribution in [3.8, 4) is 10.4 Å². The number of carbonyl (C=O) groups excluding carboxylic acids is 2. The highest BCUT2D eigenvalue weighted by Crippen LogP contribution is 2.38. The van der Waals surface area contributed by atoms with E-state index in [4.69, 9.17) is 10.5 Å². The second-order valence-corrected chi connectivity index (χ2v) is 12.9. The van der Waals surface area contributed by atoms with Crippen LogP contribution in [0.2, 0.25) is 0 Å². The van der Waals surface area contributed by atoms with E-state index in [1.165, 1.54) is 31.5 Å². The summed E-state index contributed by atoms with van der Waals surface area (Å²) in [7, 11) is -3.15. The summed E-state index contributed by atoms with van der Waals surface area (Å²) in [5, 5.41) is 6.31. The van der Waals surface area contributed by atoms with Crippen molar-refractivity contribution in [3.63, 3.8) is 0 Å². The van der Waals surface area contributed by atoms with E-state index in [0.717, 1.165) is 39.7 Å². The number of amides is 1. The summed E-state index contributed by atoms with van der Waals surface area (Å²) in [4.78, 5) is 25.2. The molecule has 1 amide bonds. The monoisotopic (exact) mass is 600 g/mol. The Morgan fingerprint density at radius 3 is 2.25 bits per heavy atom. The van der Waals surface area contributed by atoms with Crippen LogP contribution in [0.15, 0.2) is 29.8 Å². The molecule has 4 N–H and O–H groups in total. The molecule has 2 fully saturated rings. The molecule has 0 unspecified atom stereocenters. The molecule has 2 aliphatic rings. The standard InChI is InChI=1S/C21H25N3O3S2.C4H9N.C2HF3O/c1-3-29(26,27)24-6-4-14(5-7-24)18-11-23-20-16(18)9-15(10-17(20)21(22)25)19-8-13(2)12-28-19;1-2-4-5-3-1;3-2(4,5)1-6/h8-12,14,23H,3-7H2,1-2H3,(H2,22,25);5H,1-4H2;1H. The summed E-state index contributed by atoms with van der Waals surface area (Å²) in [5.41, 5.74) is 10.2. The number of nitrogens with two attached hydrogens (primary N) is 1. The van der Waals surface area contributed by atoms with E-state index in [2.05, 4.69) is 27.8 Å². The lowest BCUT2D eigenvalue weighted by atomic mass is 9.89. The number of benzene rings is 1. The Labute approximate surface area is 236 Å². The maximum Gasteiger partial charge on any atom is 0.446 e. The van der Waals surface area contributed by atoms with Gasteiger partial charge in [0.15, 0.2) is 0 Å². The number of alkyl halides is 3. The van der Waals surface area contributed by atoms with Gasteiger partial charge >= 0.3 is 6.18 Å². The second-order valence-electron chi connectivity index (χ2n) is 9.73. The van der Waals surface area contributed by atoms with Gasteiger partial charge in [-0.25, -0.2) is 12.7 Å². The van der Waals surface area contributed by atoms with E-state index in [1.54, 1.807) is 22.6 Å². The number of aromatic nitrogens is 1. The number of thiophene rings is 1. The van der Waals surface area contributed by atoms with Gasteiger partial charge < -0.3 is 16.0 Å². The molecule has 2 aromatic heterocycles. The normalized spacial score (nSPS) is 16.6. The fraction of sp³-hybridized carbons (Fsp3) is 0.481. The minimum Gasteiger partial charge on any atom is -0.366 e. The molecule has 0 saturated carbocycles. The largest absolute Gasteiger partial charge is 0.446 e. The lowest BCUT2D eigenvalue weighted by Crippen LogP contribution is -2.38. The minimum atomic E-state index is -4.64. The van der Waals surface area contributed by atoms with Gasteiger partial charge in [-0.3, -0.25) is 9.59 Å². The van der Waals surface area contributed by atoms with Gasteiger partial charge in [0.05, 0.1) is 16.8 Å². The van der Waals surface area contributed by atoms with Crippen LogP contribution in [0.4, 0.5) is 13.2 Å². The smallest absolute Gasteiger partial charge is 0.366 e. The molecule has 0 spiro atoms. The second kappa shape index (κ2) is 13.7. The Balaban J connectivity index is 0.000000336. The fourth-order valence-corrected chi connectivity index (χ4v) is 6.78. The van der Waals surface area contributed by atoms with Crippen LogP contribution in [0, 0.1) is 6.92 Å². The number of nitrogens with one attached hydrogen (secondary N) is 2. The number of fused-ring (bicyclic) bond motifs is 1. The van der Waals surface area contributed by atoms with Gasteiger partial charge in [-0.15, -0.1) is 11.3 Å². The third-order valence-electron chi connectivity index (χ3n) is 6.84. The molecular formula is C27H35F3N4O4S2. The maximum atomic E-state index is 12.2. The number of carbonyl (C=O) groups is 2. The molecule has 40 heavy (non-hydrogen) atoms. The van der Waals surface area contributed by atoms with Crippen molar-refractivity contribution in [3.05, 3.63) is 46.5 Å². The van der Waals surface area contributed by atoms with Crippen molar-refractivity contribution in [1.29, 1.82) is 0 Å². The van der Waals surface area contributed by atoms with Gasteiger partial charge in [0.2, 0.25) is 16.3 Å². The zero-order valence-electron chi connectivity index (χ0n) is 22.5. The number of piperidine rings is 1. The molecule has 0 atom stereocenters. The maximum absolute atomic E-state index is 12.2. The highest BCUT2D eigenvalue weighted by atomic mass is 32.2. The number of halogens is 3. The van der Waals surface area contributed by atoms with Crippen molar-refractivity contribution >= 4 is 44.5 Å². The first-order valence-electron chi connectivity index (χ1n) is 13.1. The first-order valence-corrected chi connectivity index (χ1v) is 15.6. The first-order chi connectivity index (χ1) is 18.9. The molecule has 4 heterocycles. The Morgan fingerprint density at radius 2 is 1.80 bits per heavy atom. The van der Waals surface area contributed by atoms with Crippen LogP contribution in [-0.4, -0.2) is 68.0 Å². The Bertz CT molecular complexity index is 1400. The molecule has 0 bridgehead atoms. The number of aryl methyl sites for hydroxylation is 1. The third kappa shape index (κ3) is 8.38. The molecule has 5 rings (SSSR count). The van der Waals surface area contributed by atoms with Crippen molar-refractivity contribution in [2.75, 3.05) is 31.9 Å². The lowest BCUT2D eigenvalue weighted by molar-refractivity contribution is -0.156. The van der Waals surface area contributed by atoms with Crippen molar-refractivity contribution in [2.45, 2.75) is 51.6 Å². The molecule has 2 aliphatic heterocycles. The van der Waals surface area contributed by atoms with E-state index in [-0.39, 0.29) is 11.7 Å². The van der Waals surface area contributed by atoms with Crippen LogP contribution in [0.25, 0.3) is 21.3 Å². The number of nitrogens with zero attached hydrogens (tertiary/aromatic N) is 1. The molecule has 8 nitrogen and oxygen atoms in total. The minimum absolute atomic E-state index is 0.135. The average molecular weight is 601 g/mol. The zero-order chi connectivity index (χ0) is 29.5. The van der Waals surface area contributed by atoms with Crippen LogP contribution in [0.3, 0.4) is 0 Å². The van der Waals surface area contributed by atoms with Crippen LogP contribution in [0.1, 0.15) is 60.0 Å². The first kappa shape index (κ1) is 31.8. The van der Waals surface area contributed by atoms with Crippen LogP contribution in [-0.2, 0) is 14.8 Å². The molecule has 220 valence electrons. The number of hydrogen-bond acceptors (Lipinski definition) is 6. The third-order valence-corrected chi connectivity index (χ3v) is 9.82. The average Bonchev–Trinajstić information content (AvgIpc) is 3.71. The zero-order valence-corrected chi connectivity index (χ0v) is 24.1. The predicted octanol–water partition coefficient (Wildman–Crippen LogP) is 4.95. The molecule has 2 saturated heterocycles. The Morgan fingerprint density at radius 1 is 1.18 bits per heavy atom. The van der Waals surface area contributed by atoms with Gasteiger partial charge in [-0.2, -0.15) is 13.2 Å². The van der Waals surface area contributed by atoms with Gasteiger partial charge in [0.1, 0.15) is 0 Å². The number of aldehydes is 1. The Kier molecular flexibility index (Phi) is 10.9. The van der Waals surface area contributed by atoms with Crippen molar-refractivity contribution in [2.24, 2.45) is 5.73 Å². The summed E-state index contributed by atoms with van der Waals surface area (Å²) in [6.07, 6.45) is 0.559. The molecule has 0 radical (unpaired) electrons. The van der Waals surface area contributed by atoms with Gasteiger partial charge in [-0.05, 0) is 98.8 Å². The lowest BCUT2D eigenvalue weighted by Gasteiger charge is -2.31.